The van der Waals surface area contributed by atoms with Crippen molar-refractivity contribution in [2.24, 2.45) is 5.10 Å². The summed E-state index contributed by atoms with van der Waals surface area (Å²) in [6.45, 7) is 1.77. The molecule has 3 aromatic carbocycles. The third-order valence-corrected chi connectivity index (χ3v) is 4.61. The molecular weight excluding hydrogens is 383 g/mol. The molecule has 0 bridgehead atoms. The number of nitrogens with one attached hydrogen (secondary N) is 1. The zero-order valence-electron chi connectivity index (χ0n) is 13.6. The monoisotopic (exact) mass is 398 g/mol. The molecule has 0 saturated carbocycles. The molecule has 3 rings (SSSR count). The van der Waals surface area contributed by atoms with Gasteiger partial charge in [0.15, 0.2) is 0 Å². The zero-order valence-corrected chi connectivity index (χ0v) is 15.2. The van der Waals surface area contributed by atoms with Gasteiger partial charge in [-0.2, -0.15) is 5.10 Å². The maximum atomic E-state index is 12.9. The second-order valence-electron chi connectivity index (χ2n) is 5.67. The number of amides is 1. The van der Waals surface area contributed by atoms with Crippen LogP contribution in [0.2, 0.25) is 0 Å². The molecule has 0 aromatic heterocycles. The second-order valence-corrected chi connectivity index (χ2v) is 6.52. The van der Waals surface area contributed by atoms with E-state index in [1.165, 1.54) is 12.1 Å². The molecule has 3 nitrogen and oxygen atoms in total. The summed E-state index contributed by atoms with van der Waals surface area (Å²) in [5, 5.41) is 6.21. The first-order valence-electron chi connectivity index (χ1n) is 7.80. The fraction of sp³-hybridized carbons (Fsp3) is 0.100. The van der Waals surface area contributed by atoms with Gasteiger partial charge in [0, 0.05) is 4.47 Å². The molecule has 25 heavy (non-hydrogen) atoms. The van der Waals surface area contributed by atoms with Crippen molar-refractivity contribution in [3.63, 3.8) is 0 Å². The van der Waals surface area contributed by atoms with E-state index in [2.05, 4.69) is 26.5 Å². The lowest BCUT2D eigenvalue weighted by atomic mass is 10.0. The van der Waals surface area contributed by atoms with Crippen molar-refractivity contribution in [3.8, 4) is 0 Å². The van der Waals surface area contributed by atoms with Gasteiger partial charge in [-0.3, -0.25) is 4.79 Å². The van der Waals surface area contributed by atoms with Crippen molar-refractivity contribution in [1.29, 1.82) is 0 Å². The van der Waals surface area contributed by atoms with Crippen LogP contribution in [0, 0.1) is 5.82 Å². The van der Waals surface area contributed by atoms with Gasteiger partial charge in [-0.15, -0.1) is 0 Å². The average Bonchev–Trinajstić information content (AvgIpc) is 2.63. The molecule has 5 heteroatoms. The predicted octanol–water partition coefficient (Wildman–Crippen LogP) is 4.82. The molecule has 1 N–H and O–H groups in total. The summed E-state index contributed by atoms with van der Waals surface area (Å²) in [5.74, 6) is -0.503. The smallest absolute Gasteiger partial charge is 0.244 e. The number of nitrogens with zero attached hydrogens (tertiary/aromatic N) is 1. The number of fused-ring (bicyclic) bond motifs is 1. The number of carbonyl (C=O) groups excluding carboxylic acids is 1. The lowest BCUT2D eigenvalue weighted by molar-refractivity contribution is -0.120. The summed E-state index contributed by atoms with van der Waals surface area (Å²) in [7, 11) is 0. The minimum atomic E-state index is -0.303. The van der Waals surface area contributed by atoms with Crippen LogP contribution in [-0.2, 0) is 11.2 Å². The Hall–Kier alpha value is -2.53. The van der Waals surface area contributed by atoms with E-state index in [0.29, 0.717) is 5.71 Å². The van der Waals surface area contributed by atoms with Gasteiger partial charge in [0.1, 0.15) is 5.82 Å². The van der Waals surface area contributed by atoms with Crippen LogP contribution in [0.1, 0.15) is 18.1 Å². The van der Waals surface area contributed by atoms with E-state index in [-0.39, 0.29) is 18.1 Å². The molecule has 0 aliphatic heterocycles. The van der Waals surface area contributed by atoms with Crippen LogP contribution in [-0.4, -0.2) is 11.6 Å². The SMILES string of the molecule is CC(=NNC(=O)Cc1ccc(Br)c2ccccc12)c1ccc(F)cc1. The van der Waals surface area contributed by atoms with Gasteiger partial charge in [0.25, 0.3) is 0 Å². The first kappa shape index (κ1) is 17.3. The van der Waals surface area contributed by atoms with E-state index in [0.717, 1.165) is 26.4 Å². The maximum absolute atomic E-state index is 12.9. The van der Waals surface area contributed by atoms with Crippen LogP contribution in [0.4, 0.5) is 4.39 Å². The zero-order chi connectivity index (χ0) is 17.8. The predicted molar refractivity (Wildman–Crippen MR) is 102 cm³/mol. The van der Waals surface area contributed by atoms with E-state index in [1.807, 2.05) is 36.4 Å². The van der Waals surface area contributed by atoms with Crippen LogP contribution < -0.4 is 5.43 Å². The second kappa shape index (κ2) is 7.57. The number of benzene rings is 3. The molecule has 0 aliphatic rings. The van der Waals surface area contributed by atoms with Crippen LogP contribution in [0.5, 0.6) is 0 Å². The van der Waals surface area contributed by atoms with Crippen molar-refractivity contribution in [2.45, 2.75) is 13.3 Å². The highest BCUT2D eigenvalue weighted by Gasteiger charge is 2.08. The lowest BCUT2D eigenvalue weighted by Gasteiger charge is -2.08. The quantitative estimate of drug-likeness (QED) is 0.496. The molecule has 0 spiro atoms. The summed E-state index contributed by atoms with van der Waals surface area (Å²) in [5.41, 5.74) is 4.88. The Morgan fingerprint density at radius 3 is 2.44 bits per heavy atom. The summed E-state index contributed by atoms with van der Waals surface area (Å²) in [6, 6.07) is 17.8. The summed E-state index contributed by atoms with van der Waals surface area (Å²) < 4.78 is 13.9. The fourth-order valence-electron chi connectivity index (χ4n) is 2.59. The van der Waals surface area contributed by atoms with Crippen LogP contribution in [0.25, 0.3) is 10.8 Å². The van der Waals surface area contributed by atoms with Gasteiger partial charge in [0.2, 0.25) is 5.91 Å². The molecule has 126 valence electrons. The normalized spacial score (nSPS) is 11.6. The van der Waals surface area contributed by atoms with Crippen molar-refractivity contribution < 1.29 is 9.18 Å². The first-order chi connectivity index (χ1) is 12.0. The van der Waals surface area contributed by atoms with Crippen molar-refractivity contribution in [3.05, 3.63) is 82.1 Å². The van der Waals surface area contributed by atoms with Gasteiger partial charge < -0.3 is 0 Å². The van der Waals surface area contributed by atoms with E-state index in [9.17, 15) is 9.18 Å². The highest BCUT2D eigenvalue weighted by Crippen LogP contribution is 2.27. The van der Waals surface area contributed by atoms with E-state index in [4.69, 9.17) is 0 Å². The topological polar surface area (TPSA) is 41.5 Å². The Balaban J connectivity index is 1.74. The first-order valence-corrected chi connectivity index (χ1v) is 8.59. The van der Waals surface area contributed by atoms with Gasteiger partial charge in [-0.25, -0.2) is 9.82 Å². The third kappa shape index (κ3) is 4.12. The van der Waals surface area contributed by atoms with Gasteiger partial charge in [-0.1, -0.05) is 58.4 Å². The Kier molecular flexibility index (Phi) is 5.24. The molecule has 0 saturated heterocycles. The van der Waals surface area contributed by atoms with Crippen molar-refractivity contribution in [1.82, 2.24) is 5.43 Å². The summed E-state index contributed by atoms with van der Waals surface area (Å²) >= 11 is 3.53. The number of hydrogen-bond donors (Lipinski definition) is 1. The van der Waals surface area contributed by atoms with Crippen LogP contribution in [0.3, 0.4) is 0 Å². The fourth-order valence-corrected chi connectivity index (χ4v) is 3.07. The van der Waals surface area contributed by atoms with Gasteiger partial charge in [-0.05, 0) is 47.0 Å². The van der Waals surface area contributed by atoms with Crippen LogP contribution in [0.15, 0.2) is 70.2 Å². The Labute approximate surface area is 153 Å². The number of hydrogen-bond acceptors (Lipinski definition) is 2. The number of halogens is 2. The Bertz CT molecular complexity index is 952. The van der Waals surface area contributed by atoms with E-state index < -0.39 is 0 Å². The van der Waals surface area contributed by atoms with Crippen LogP contribution >= 0.6 is 15.9 Å². The average molecular weight is 399 g/mol. The lowest BCUT2D eigenvalue weighted by Crippen LogP contribution is -2.21. The molecule has 1 amide bonds. The van der Waals surface area contributed by atoms with Crippen molar-refractivity contribution >= 4 is 38.3 Å². The van der Waals surface area contributed by atoms with E-state index >= 15 is 0 Å². The minimum Gasteiger partial charge on any atom is -0.273 e. The molecule has 3 aromatic rings. The highest BCUT2D eigenvalue weighted by molar-refractivity contribution is 9.10. The molecular formula is C20H16BrFN2O. The largest absolute Gasteiger partial charge is 0.273 e. The summed E-state index contributed by atoms with van der Waals surface area (Å²) in [6.07, 6.45) is 0.230. The molecule has 0 unspecified atom stereocenters. The molecule has 0 radical (unpaired) electrons. The minimum absolute atomic E-state index is 0.200. The Morgan fingerprint density at radius 1 is 1.04 bits per heavy atom. The molecule has 0 aliphatic carbocycles. The number of hydrazone groups is 1. The molecule has 0 atom stereocenters. The maximum Gasteiger partial charge on any atom is 0.244 e. The standard InChI is InChI=1S/C20H16BrFN2O/c1-13(14-6-9-16(22)10-7-14)23-24-20(25)12-15-8-11-19(21)18-5-3-2-4-17(15)18/h2-11H,12H2,1H3,(H,24,25). The van der Waals surface area contributed by atoms with E-state index in [1.54, 1.807) is 19.1 Å². The number of rotatable bonds is 4. The third-order valence-electron chi connectivity index (χ3n) is 3.92. The van der Waals surface area contributed by atoms with Crippen molar-refractivity contribution in [2.75, 3.05) is 0 Å². The summed E-state index contributed by atoms with van der Waals surface area (Å²) in [4.78, 5) is 12.2. The van der Waals surface area contributed by atoms with Gasteiger partial charge in [0.05, 0.1) is 12.1 Å². The molecule has 0 fully saturated rings. The highest BCUT2D eigenvalue weighted by atomic mass is 79.9. The number of carbonyl (C=O) groups is 1. The van der Waals surface area contributed by atoms with Gasteiger partial charge >= 0.3 is 0 Å². The molecule has 0 heterocycles. The Morgan fingerprint density at radius 2 is 1.72 bits per heavy atom.